The number of hydrogen-bond acceptors (Lipinski definition) is 4. The van der Waals surface area contributed by atoms with Gasteiger partial charge in [-0.1, -0.05) is 6.92 Å². The van der Waals surface area contributed by atoms with Gasteiger partial charge in [0.15, 0.2) is 0 Å². The third kappa shape index (κ3) is 2.60. The van der Waals surface area contributed by atoms with Crippen LogP contribution < -0.4 is 0 Å². The van der Waals surface area contributed by atoms with Crippen LogP contribution in [0.3, 0.4) is 0 Å². The Balaban J connectivity index is 1.65. The lowest BCUT2D eigenvalue weighted by Gasteiger charge is -2.34. The summed E-state index contributed by atoms with van der Waals surface area (Å²) in [5.41, 5.74) is 2.43. The molecule has 0 aliphatic carbocycles. The van der Waals surface area contributed by atoms with E-state index in [-0.39, 0.29) is 5.91 Å². The Labute approximate surface area is 144 Å². The summed E-state index contributed by atoms with van der Waals surface area (Å²) < 4.78 is 0. The molecule has 1 fully saturated rings. The summed E-state index contributed by atoms with van der Waals surface area (Å²) in [4.78, 5) is 27.0. The largest absolute Gasteiger partial charge is 0.346 e. The molecule has 0 aromatic carbocycles. The van der Waals surface area contributed by atoms with Crippen LogP contribution in [0.25, 0.3) is 21.6 Å². The molecule has 4 rings (SSSR count). The van der Waals surface area contributed by atoms with E-state index in [4.69, 9.17) is 0 Å². The van der Waals surface area contributed by atoms with Crippen LogP contribution in [0.5, 0.6) is 0 Å². The fourth-order valence-corrected chi connectivity index (χ4v) is 4.32. The highest BCUT2D eigenvalue weighted by molar-refractivity contribution is 7.13. The maximum Gasteiger partial charge on any atom is 0.273 e. The Morgan fingerprint density at radius 3 is 3.21 bits per heavy atom. The second-order valence-electron chi connectivity index (χ2n) is 6.19. The first-order valence-corrected chi connectivity index (χ1v) is 9.35. The van der Waals surface area contributed by atoms with Crippen LogP contribution in [-0.2, 0) is 0 Å². The fourth-order valence-electron chi connectivity index (χ4n) is 3.48. The normalized spacial score (nSPS) is 18.2. The molecule has 1 atom stereocenters. The van der Waals surface area contributed by atoms with Gasteiger partial charge in [0.05, 0.1) is 0 Å². The molecule has 0 saturated carbocycles. The van der Waals surface area contributed by atoms with Gasteiger partial charge in [-0.25, -0.2) is 9.97 Å². The van der Waals surface area contributed by atoms with E-state index >= 15 is 0 Å². The van der Waals surface area contributed by atoms with Crippen molar-refractivity contribution < 1.29 is 4.79 Å². The first kappa shape index (κ1) is 15.3. The van der Waals surface area contributed by atoms with Gasteiger partial charge in [0.1, 0.15) is 16.3 Å². The molecule has 6 heteroatoms. The molecule has 1 saturated heterocycles. The number of hydrogen-bond donors (Lipinski definition) is 1. The van der Waals surface area contributed by atoms with Gasteiger partial charge in [-0.2, -0.15) is 0 Å². The summed E-state index contributed by atoms with van der Waals surface area (Å²) in [6, 6.07) is 4.31. The van der Waals surface area contributed by atoms with Crippen molar-refractivity contribution in [2.45, 2.75) is 38.6 Å². The average Bonchev–Trinajstić information content (AvgIpc) is 3.30. The second kappa shape index (κ2) is 6.36. The standard InChI is InChI=1S/C18H20N4OS/c1-2-12-5-3-4-10-22(12)18(23)15-11-24-17(21-15)14-7-9-20-16-13(14)6-8-19-16/h6-9,11-12H,2-5,10H2,1H3,(H,19,20). The lowest BCUT2D eigenvalue weighted by atomic mass is 10.00. The minimum Gasteiger partial charge on any atom is -0.346 e. The molecule has 0 bridgehead atoms. The lowest BCUT2D eigenvalue weighted by molar-refractivity contribution is 0.0603. The lowest BCUT2D eigenvalue weighted by Crippen LogP contribution is -2.43. The fraction of sp³-hybridized carbons (Fsp3) is 0.389. The van der Waals surface area contributed by atoms with E-state index in [1.54, 1.807) is 6.20 Å². The van der Waals surface area contributed by atoms with E-state index in [1.165, 1.54) is 17.8 Å². The van der Waals surface area contributed by atoms with E-state index in [0.717, 1.165) is 47.4 Å². The number of carbonyl (C=O) groups is 1. The monoisotopic (exact) mass is 340 g/mol. The minimum absolute atomic E-state index is 0.0726. The molecule has 5 nitrogen and oxygen atoms in total. The first-order valence-electron chi connectivity index (χ1n) is 8.47. The van der Waals surface area contributed by atoms with E-state index in [9.17, 15) is 4.79 Å². The number of nitrogens with zero attached hydrogens (tertiary/aromatic N) is 3. The predicted molar refractivity (Wildman–Crippen MR) is 96.2 cm³/mol. The van der Waals surface area contributed by atoms with Gasteiger partial charge in [-0.3, -0.25) is 4.79 Å². The van der Waals surface area contributed by atoms with E-state index in [0.29, 0.717) is 11.7 Å². The van der Waals surface area contributed by atoms with Crippen LogP contribution in [0.15, 0.2) is 29.9 Å². The molecule has 3 aromatic heterocycles. The quantitative estimate of drug-likeness (QED) is 0.781. The Morgan fingerprint density at radius 1 is 1.42 bits per heavy atom. The number of likely N-dealkylation sites (tertiary alicyclic amines) is 1. The van der Waals surface area contributed by atoms with Gasteiger partial charge < -0.3 is 9.88 Å². The number of aromatic nitrogens is 3. The van der Waals surface area contributed by atoms with Crippen LogP contribution in [0.2, 0.25) is 0 Å². The van der Waals surface area contributed by atoms with Crippen molar-refractivity contribution in [3.63, 3.8) is 0 Å². The molecule has 0 spiro atoms. The van der Waals surface area contributed by atoms with Crippen LogP contribution in [0.1, 0.15) is 43.1 Å². The van der Waals surface area contributed by atoms with Crippen molar-refractivity contribution in [3.8, 4) is 10.6 Å². The van der Waals surface area contributed by atoms with Gasteiger partial charge in [-0.05, 0) is 37.8 Å². The molecule has 1 amide bonds. The predicted octanol–water partition coefficient (Wildman–Crippen LogP) is 4.09. The van der Waals surface area contributed by atoms with E-state index in [2.05, 4.69) is 21.9 Å². The van der Waals surface area contributed by atoms with E-state index < -0.39 is 0 Å². The number of nitrogens with one attached hydrogen (secondary N) is 1. The van der Waals surface area contributed by atoms with Gasteiger partial charge in [0.25, 0.3) is 5.91 Å². The number of carbonyl (C=O) groups excluding carboxylic acids is 1. The molecule has 4 heterocycles. The molecule has 1 aliphatic heterocycles. The summed E-state index contributed by atoms with van der Waals surface area (Å²) in [6.45, 7) is 3.00. The van der Waals surface area contributed by atoms with Gasteiger partial charge in [-0.15, -0.1) is 11.3 Å². The van der Waals surface area contributed by atoms with E-state index in [1.807, 2.05) is 28.6 Å². The summed E-state index contributed by atoms with van der Waals surface area (Å²) in [5.74, 6) is 0.0726. The number of thiazole rings is 1. The molecular weight excluding hydrogens is 320 g/mol. The number of pyridine rings is 1. The molecule has 1 N–H and O–H groups in total. The zero-order valence-corrected chi connectivity index (χ0v) is 14.5. The molecule has 124 valence electrons. The van der Waals surface area contributed by atoms with Crippen molar-refractivity contribution in [1.29, 1.82) is 0 Å². The smallest absolute Gasteiger partial charge is 0.273 e. The highest BCUT2D eigenvalue weighted by Crippen LogP contribution is 2.30. The number of aromatic amines is 1. The minimum atomic E-state index is 0.0726. The van der Waals surface area contributed by atoms with Crippen LogP contribution >= 0.6 is 11.3 Å². The molecule has 3 aromatic rings. The third-order valence-electron chi connectivity index (χ3n) is 4.77. The van der Waals surface area contributed by atoms with Crippen LogP contribution in [0, 0.1) is 0 Å². The summed E-state index contributed by atoms with van der Waals surface area (Å²) in [6.07, 6.45) is 8.07. The summed E-state index contributed by atoms with van der Waals surface area (Å²) in [7, 11) is 0. The molecular formula is C18H20N4OS. The van der Waals surface area contributed by atoms with Gasteiger partial charge >= 0.3 is 0 Å². The van der Waals surface area contributed by atoms with Crippen LogP contribution in [-0.4, -0.2) is 38.3 Å². The number of amides is 1. The Morgan fingerprint density at radius 2 is 2.33 bits per heavy atom. The van der Waals surface area contributed by atoms with Gasteiger partial charge in [0.2, 0.25) is 0 Å². The molecule has 1 aliphatic rings. The number of fused-ring (bicyclic) bond motifs is 1. The second-order valence-corrected chi connectivity index (χ2v) is 7.05. The average molecular weight is 340 g/mol. The number of rotatable bonds is 3. The zero-order chi connectivity index (χ0) is 16.5. The van der Waals surface area contributed by atoms with Crippen molar-refractivity contribution in [3.05, 3.63) is 35.6 Å². The van der Waals surface area contributed by atoms with Crippen molar-refractivity contribution >= 4 is 28.3 Å². The highest BCUT2D eigenvalue weighted by atomic mass is 32.1. The molecule has 0 radical (unpaired) electrons. The zero-order valence-electron chi connectivity index (χ0n) is 13.7. The number of H-pyrrole nitrogens is 1. The number of piperidine rings is 1. The summed E-state index contributed by atoms with van der Waals surface area (Å²) >= 11 is 1.52. The molecule has 24 heavy (non-hydrogen) atoms. The molecule has 1 unspecified atom stereocenters. The van der Waals surface area contributed by atoms with Crippen molar-refractivity contribution in [2.75, 3.05) is 6.54 Å². The Kier molecular flexibility index (Phi) is 4.06. The van der Waals surface area contributed by atoms with Gasteiger partial charge in [0, 0.05) is 41.3 Å². The topological polar surface area (TPSA) is 61.9 Å². The maximum atomic E-state index is 12.9. The summed E-state index contributed by atoms with van der Waals surface area (Å²) in [5, 5.41) is 3.79. The SMILES string of the molecule is CCC1CCCCN1C(=O)c1csc(-c2ccnc3[nH]ccc23)n1. The highest BCUT2D eigenvalue weighted by Gasteiger charge is 2.27. The third-order valence-corrected chi connectivity index (χ3v) is 5.65. The van der Waals surface area contributed by atoms with Crippen molar-refractivity contribution in [1.82, 2.24) is 19.9 Å². The first-order chi connectivity index (χ1) is 11.8. The Bertz CT molecular complexity index is 869. The van der Waals surface area contributed by atoms with Crippen molar-refractivity contribution in [2.24, 2.45) is 0 Å². The Hall–Kier alpha value is -2.21. The maximum absolute atomic E-state index is 12.9. The van der Waals surface area contributed by atoms with Crippen LogP contribution in [0.4, 0.5) is 0 Å².